The van der Waals surface area contributed by atoms with Crippen molar-refractivity contribution in [3.05, 3.63) is 152 Å². The highest BCUT2D eigenvalue weighted by Crippen LogP contribution is 2.47. The number of rotatable bonds is 16. The van der Waals surface area contributed by atoms with Gasteiger partial charge in [0.1, 0.15) is 11.5 Å². The molecule has 0 bridgehead atoms. The van der Waals surface area contributed by atoms with Crippen LogP contribution in [0.2, 0.25) is 20.1 Å². The number of benzene rings is 4. The van der Waals surface area contributed by atoms with Gasteiger partial charge < -0.3 is 18.6 Å². The van der Waals surface area contributed by atoms with E-state index in [1.807, 2.05) is 73.8 Å². The Morgan fingerprint density at radius 2 is 1.04 bits per heavy atom. The van der Waals surface area contributed by atoms with Crippen molar-refractivity contribution in [3.8, 4) is 11.5 Å². The Labute approximate surface area is 336 Å². The van der Waals surface area contributed by atoms with E-state index in [0.29, 0.717) is 32.9 Å². The van der Waals surface area contributed by atoms with E-state index in [4.69, 9.17) is 55.9 Å². The van der Waals surface area contributed by atoms with Crippen LogP contribution in [0.5, 0.6) is 11.5 Å². The maximum Gasteiger partial charge on any atom is 0.122 e. The number of ether oxygens (including phenoxy) is 2. The Morgan fingerprint density at radius 3 is 1.38 bits per heavy atom. The van der Waals surface area contributed by atoms with Crippen molar-refractivity contribution in [3.63, 3.8) is 0 Å². The second-order valence-electron chi connectivity index (χ2n) is 13.0. The summed E-state index contributed by atoms with van der Waals surface area (Å²) in [6.45, 7) is 6.01. The van der Waals surface area contributed by atoms with Gasteiger partial charge in [-0.1, -0.05) is 84.1 Å². The first kappa shape index (κ1) is 39.1. The molecule has 0 spiro atoms. The van der Waals surface area contributed by atoms with Gasteiger partial charge in [0.05, 0.1) is 47.0 Å². The number of hydrogen-bond donors (Lipinski definition) is 0. The molecule has 53 heavy (non-hydrogen) atoms. The van der Waals surface area contributed by atoms with Crippen molar-refractivity contribution in [1.29, 1.82) is 0 Å². The van der Waals surface area contributed by atoms with Crippen LogP contribution in [0.1, 0.15) is 71.9 Å². The van der Waals surface area contributed by atoms with Crippen LogP contribution in [-0.2, 0) is 25.9 Å². The van der Waals surface area contributed by atoms with E-state index in [1.54, 1.807) is 26.0 Å². The highest BCUT2D eigenvalue weighted by molar-refractivity contribution is 7.99. The Kier molecular flexibility index (Phi) is 13.4. The zero-order valence-electron chi connectivity index (χ0n) is 30.2. The monoisotopic (exact) mass is 806 g/mol. The van der Waals surface area contributed by atoms with E-state index >= 15 is 0 Å². The molecule has 0 fully saturated rings. The van der Waals surface area contributed by atoms with Crippen molar-refractivity contribution in [2.45, 2.75) is 74.2 Å². The summed E-state index contributed by atoms with van der Waals surface area (Å²) in [7, 11) is 3.47. The third-order valence-electron chi connectivity index (χ3n) is 9.72. The van der Waals surface area contributed by atoms with Crippen LogP contribution in [0, 0.1) is 0 Å². The molecule has 0 aliphatic carbocycles. The Bertz CT molecular complexity index is 1990. The van der Waals surface area contributed by atoms with Crippen molar-refractivity contribution in [1.82, 2.24) is 19.1 Å². The molecule has 0 aliphatic heterocycles. The average molecular weight is 809 g/mol. The van der Waals surface area contributed by atoms with Crippen molar-refractivity contribution in [2.75, 3.05) is 14.2 Å². The number of aromatic nitrogens is 4. The van der Waals surface area contributed by atoms with E-state index in [-0.39, 0.29) is 11.8 Å². The minimum atomic E-state index is 0.157. The predicted octanol–water partition coefficient (Wildman–Crippen LogP) is 12.4. The third kappa shape index (κ3) is 9.21. The molecule has 2 atom stereocenters. The van der Waals surface area contributed by atoms with Gasteiger partial charge in [0.2, 0.25) is 0 Å². The maximum absolute atomic E-state index is 6.53. The lowest BCUT2D eigenvalue weighted by Gasteiger charge is -2.28. The van der Waals surface area contributed by atoms with Crippen LogP contribution in [-0.4, -0.2) is 33.3 Å². The maximum atomic E-state index is 6.53. The van der Waals surface area contributed by atoms with Gasteiger partial charge in [0, 0.05) is 83.5 Å². The molecular weight excluding hydrogens is 766 g/mol. The predicted molar refractivity (Wildman–Crippen MR) is 219 cm³/mol. The quantitative estimate of drug-likeness (QED) is 0.0975. The van der Waals surface area contributed by atoms with Gasteiger partial charge >= 0.3 is 0 Å². The summed E-state index contributed by atoms with van der Waals surface area (Å²) in [5.41, 5.74) is 6.84. The van der Waals surface area contributed by atoms with Crippen LogP contribution in [0.4, 0.5) is 0 Å². The molecule has 6 nitrogen and oxygen atoms in total. The van der Waals surface area contributed by atoms with Gasteiger partial charge in [-0.15, -0.1) is 0 Å². The standard InChI is InChI=1S/C42H42Cl4N4O2S/c1-5-29(23-49-17-15-47-25-49)41-31(19-27-7-9-33(43)35(45)21-27)37(51-3)11-13-39(41)53-40-14-12-38(52-4)32(20-28-8-10-34(44)36(46)22-28)42(40)30(6-2)24-50-18-16-48-26-50/h7-18,21-22,25-26,29-30H,5-6,19-20,23-24H2,1-4H3. The summed E-state index contributed by atoms with van der Waals surface area (Å²) < 4.78 is 16.5. The fraction of sp³-hybridized carbons (Fsp3) is 0.286. The van der Waals surface area contributed by atoms with Crippen LogP contribution in [0.15, 0.2) is 108 Å². The fourth-order valence-corrected chi connectivity index (χ4v) is 8.99. The molecule has 4 aromatic carbocycles. The molecule has 0 amide bonds. The largest absolute Gasteiger partial charge is 0.496 e. The fourth-order valence-electron chi connectivity index (χ4n) is 7.04. The second kappa shape index (κ2) is 18.2. The first-order chi connectivity index (χ1) is 25.7. The first-order valence-corrected chi connectivity index (χ1v) is 19.9. The van der Waals surface area contributed by atoms with Gasteiger partial charge in [-0.25, -0.2) is 9.97 Å². The van der Waals surface area contributed by atoms with Gasteiger partial charge in [-0.05, 0) is 83.6 Å². The van der Waals surface area contributed by atoms with Crippen molar-refractivity contribution >= 4 is 58.2 Å². The smallest absolute Gasteiger partial charge is 0.122 e. The lowest BCUT2D eigenvalue weighted by molar-refractivity contribution is 0.407. The molecule has 6 aromatic rings. The molecule has 2 aromatic heterocycles. The zero-order chi connectivity index (χ0) is 37.5. The minimum Gasteiger partial charge on any atom is -0.496 e. The van der Waals surface area contributed by atoms with Gasteiger partial charge in [0.15, 0.2) is 0 Å². The van der Waals surface area contributed by atoms with Crippen molar-refractivity contribution < 1.29 is 9.47 Å². The lowest BCUT2D eigenvalue weighted by atomic mass is 9.88. The molecule has 2 heterocycles. The molecule has 0 N–H and O–H groups in total. The molecule has 11 heteroatoms. The first-order valence-electron chi connectivity index (χ1n) is 17.6. The van der Waals surface area contributed by atoms with Crippen molar-refractivity contribution in [2.24, 2.45) is 0 Å². The Hall–Kier alpha value is -3.59. The average Bonchev–Trinajstić information content (AvgIpc) is 3.88. The number of nitrogens with zero attached hydrogens (tertiary/aromatic N) is 4. The highest BCUT2D eigenvalue weighted by atomic mass is 35.5. The third-order valence-corrected chi connectivity index (χ3v) is 12.4. The summed E-state index contributed by atoms with van der Waals surface area (Å²) in [5, 5.41) is 2.12. The summed E-state index contributed by atoms with van der Waals surface area (Å²) in [6, 6.07) is 20.3. The van der Waals surface area contributed by atoms with Crippen LogP contribution < -0.4 is 9.47 Å². The number of imidazole rings is 2. The molecule has 0 saturated carbocycles. The summed E-state index contributed by atoms with van der Waals surface area (Å²) in [6.07, 6.45) is 14.5. The number of hydrogen-bond acceptors (Lipinski definition) is 5. The molecule has 276 valence electrons. The molecular formula is C42H42Cl4N4O2S. The minimum absolute atomic E-state index is 0.157. The van der Waals surface area contributed by atoms with E-state index in [2.05, 4.69) is 57.2 Å². The van der Waals surface area contributed by atoms with Gasteiger partial charge in [0.25, 0.3) is 0 Å². The SMILES string of the molecule is CCC(Cn1ccnc1)c1c(Sc2ccc(OC)c(Cc3ccc(Cl)c(Cl)c3)c2C(CC)Cn2ccnc2)ccc(OC)c1Cc1ccc(Cl)c(Cl)c1. The summed E-state index contributed by atoms with van der Waals surface area (Å²) in [4.78, 5) is 11.0. The van der Waals surface area contributed by atoms with Gasteiger partial charge in [-0.3, -0.25) is 0 Å². The van der Waals surface area contributed by atoms with E-state index in [0.717, 1.165) is 69.5 Å². The van der Waals surface area contributed by atoms with Gasteiger partial charge in [-0.2, -0.15) is 0 Å². The van der Waals surface area contributed by atoms with E-state index < -0.39 is 0 Å². The summed E-state index contributed by atoms with van der Waals surface area (Å²) >= 11 is 27.6. The van der Waals surface area contributed by atoms with E-state index in [1.165, 1.54) is 11.1 Å². The van der Waals surface area contributed by atoms with E-state index in [9.17, 15) is 0 Å². The molecule has 6 rings (SSSR count). The number of halogens is 4. The molecule has 0 aliphatic rings. The number of methoxy groups -OCH3 is 2. The molecule has 0 radical (unpaired) electrons. The topological polar surface area (TPSA) is 54.1 Å². The second-order valence-corrected chi connectivity index (χ2v) is 15.7. The normalized spacial score (nSPS) is 12.5. The van der Waals surface area contributed by atoms with Crippen LogP contribution >= 0.6 is 58.2 Å². The zero-order valence-corrected chi connectivity index (χ0v) is 34.0. The van der Waals surface area contributed by atoms with Crippen LogP contribution in [0.25, 0.3) is 0 Å². The summed E-state index contributed by atoms with van der Waals surface area (Å²) in [5.74, 6) is 1.98. The Morgan fingerprint density at radius 1 is 0.604 bits per heavy atom. The molecule has 0 saturated heterocycles. The van der Waals surface area contributed by atoms with Crippen LogP contribution in [0.3, 0.4) is 0 Å². The lowest BCUT2D eigenvalue weighted by Crippen LogP contribution is -2.14. The highest BCUT2D eigenvalue weighted by Gasteiger charge is 2.27. The molecule has 2 unspecified atom stereocenters. The Balaban J connectivity index is 1.54.